The second-order valence-corrected chi connectivity index (χ2v) is 5.98. The summed E-state index contributed by atoms with van der Waals surface area (Å²) < 4.78 is 3.12. The van der Waals surface area contributed by atoms with E-state index >= 15 is 0 Å². The molecule has 1 fully saturated rings. The fourth-order valence-electron chi connectivity index (χ4n) is 2.67. The highest BCUT2D eigenvalue weighted by atomic mass is 79.9. The molecule has 100 valence electrons. The highest BCUT2D eigenvalue weighted by Crippen LogP contribution is 2.33. The van der Waals surface area contributed by atoms with E-state index in [1.807, 2.05) is 4.68 Å². The molecule has 19 heavy (non-hydrogen) atoms. The quantitative estimate of drug-likeness (QED) is 0.938. The SMILES string of the molecule is CCn1ncnc1CC1(c2cccc(Br)c2)CNC1. The molecule has 0 aliphatic carbocycles. The van der Waals surface area contributed by atoms with Gasteiger partial charge in [0.2, 0.25) is 0 Å². The van der Waals surface area contributed by atoms with Crippen molar-refractivity contribution in [2.24, 2.45) is 0 Å². The first-order valence-electron chi connectivity index (χ1n) is 6.57. The maximum Gasteiger partial charge on any atom is 0.138 e. The van der Waals surface area contributed by atoms with Gasteiger partial charge in [-0.15, -0.1) is 0 Å². The Morgan fingerprint density at radius 2 is 2.26 bits per heavy atom. The van der Waals surface area contributed by atoms with Crippen LogP contribution in [0, 0.1) is 0 Å². The molecule has 1 aliphatic heterocycles. The highest BCUT2D eigenvalue weighted by molar-refractivity contribution is 9.10. The molecule has 5 heteroatoms. The van der Waals surface area contributed by atoms with Crippen molar-refractivity contribution in [3.8, 4) is 0 Å². The molecule has 1 aliphatic rings. The van der Waals surface area contributed by atoms with Crippen molar-refractivity contribution in [3.63, 3.8) is 0 Å². The topological polar surface area (TPSA) is 42.7 Å². The average Bonchev–Trinajstić information content (AvgIpc) is 2.80. The molecule has 1 saturated heterocycles. The Bertz CT molecular complexity index is 574. The van der Waals surface area contributed by atoms with Gasteiger partial charge in [-0.2, -0.15) is 5.10 Å². The predicted octanol–water partition coefficient (Wildman–Crippen LogP) is 2.14. The van der Waals surface area contributed by atoms with Crippen LogP contribution in [0.2, 0.25) is 0 Å². The second-order valence-electron chi connectivity index (χ2n) is 5.06. The number of nitrogens with one attached hydrogen (secondary N) is 1. The number of rotatable bonds is 4. The van der Waals surface area contributed by atoms with Crippen molar-refractivity contribution in [3.05, 3.63) is 46.5 Å². The monoisotopic (exact) mass is 320 g/mol. The van der Waals surface area contributed by atoms with Crippen LogP contribution in [-0.2, 0) is 18.4 Å². The number of aromatic nitrogens is 3. The van der Waals surface area contributed by atoms with E-state index < -0.39 is 0 Å². The van der Waals surface area contributed by atoms with Gasteiger partial charge in [0.1, 0.15) is 12.2 Å². The molecule has 4 nitrogen and oxygen atoms in total. The zero-order valence-corrected chi connectivity index (χ0v) is 12.5. The lowest BCUT2D eigenvalue weighted by atomic mass is 9.72. The fourth-order valence-corrected chi connectivity index (χ4v) is 3.07. The van der Waals surface area contributed by atoms with E-state index in [0.717, 1.165) is 36.4 Å². The van der Waals surface area contributed by atoms with Gasteiger partial charge in [-0.1, -0.05) is 28.1 Å². The summed E-state index contributed by atoms with van der Waals surface area (Å²) in [7, 11) is 0. The van der Waals surface area contributed by atoms with E-state index in [0.29, 0.717) is 0 Å². The summed E-state index contributed by atoms with van der Waals surface area (Å²) in [5, 5.41) is 7.66. The van der Waals surface area contributed by atoms with Crippen LogP contribution in [0.4, 0.5) is 0 Å². The smallest absolute Gasteiger partial charge is 0.138 e. The van der Waals surface area contributed by atoms with Gasteiger partial charge < -0.3 is 5.32 Å². The van der Waals surface area contributed by atoms with E-state index in [9.17, 15) is 0 Å². The third kappa shape index (κ3) is 2.32. The standard InChI is InChI=1S/C14H17BrN4/c1-2-19-13(17-10-18-19)7-14(8-16-9-14)11-4-3-5-12(15)6-11/h3-6,10,16H,2,7-9H2,1H3. The molecule has 1 aromatic carbocycles. The number of halogens is 1. The summed E-state index contributed by atoms with van der Waals surface area (Å²) in [6.07, 6.45) is 2.59. The van der Waals surface area contributed by atoms with Gasteiger partial charge in [0.25, 0.3) is 0 Å². The number of benzene rings is 1. The van der Waals surface area contributed by atoms with Crippen LogP contribution in [0.5, 0.6) is 0 Å². The average molecular weight is 321 g/mol. The summed E-state index contributed by atoms with van der Waals surface area (Å²) >= 11 is 3.56. The number of aryl methyl sites for hydroxylation is 1. The van der Waals surface area contributed by atoms with Crippen molar-refractivity contribution < 1.29 is 0 Å². The van der Waals surface area contributed by atoms with Crippen LogP contribution in [0.15, 0.2) is 35.1 Å². The van der Waals surface area contributed by atoms with Crippen LogP contribution in [0.1, 0.15) is 18.3 Å². The maximum atomic E-state index is 4.41. The molecule has 1 aromatic heterocycles. The number of hydrogen-bond donors (Lipinski definition) is 1. The minimum atomic E-state index is 0.156. The van der Waals surface area contributed by atoms with Gasteiger partial charge in [0.05, 0.1) is 0 Å². The Hall–Kier alpha value is -1.20. The molecule has 0 bridgehead atoms. The Kier molecular flexibility index (Phi) is 3.41. The van der Waals surface area contributed by atoms with E-state index in [-0.39, 0.29) is 5.41 Å². The van der Waals surface area contributed by atoms with Crippen molar-refractivity contribution in [2.75, 3.05) is 13.1 Å². The molecular formula is C14H17BrN4. The molecule has 2 heterocycles. The zero-order chi connectivity index (χ0) is 13.3. The van der Waals surface area contributed by atoms with Crippen LogP contribution < -0.4 is 5.32 Å². The summed E-state index contributed by atoms with van der Waals surface area (Å²) in [5.41, 5.74) is 1.52. The first kappa shape index (κ1) is 12.8. The van der Waals surface area contributed by atoms with Crippen molar-refractivity contribution >= 4 is 15.9 Å². The molecule has 0 saturated carbocycles. The Morgan fingerprint density at radius 1 is 1.42 bits per heavy atom. The Balaban J connectivity index is 1.92. The Labute approximate surface area is 121 Å². The van der Waals surface area contributed by atoms with Crippen LogP contribution in [0.25, 0.3) is 0 Å². The van der Waals surface area contributed by atoms with Crippen molar-refractivity contribution in [2.45, 2.75) is 25.3 Å². The highest BCUT2D eigenvalue weighted by Gasteiger charge is 2.40. The lowest BCUT2D eigenvalue weighted by Crippen LogP contribution is -2.58. The summed E-state index contributed by atoms with van der Waals surface area (Å²) in [6, 6.07) is 8.59. The molecule has 0 amide bonds. The molecule has 3 rings (SSSR count). The number of nitrogens with zero attached hydrogens (tertiary/aromatic N) is 3. The van der Waals surface area contributed by atoms with Gasteiger partial charge in [-0.3, -0.25) is 4.68 Å². The summed E-state index contributed by atoms with van der Waals surface area (Å²) in [4.78, 5) is 4.41. The number of hydrogen-bond acceptors (Lipinski definition) is 3. The molecule has 1 N–H and O–H groups in total. The Morgan fingerprint density at radius 3 is 2.89 bits per heavy atom. The molecule has 2 aromatic rings. The fraction of sp³-hybridized carbons (Fsp3) is 0.429. The minimum absolute atomic E-state index is 0.156. The van der Waals surface area contributed by atoms with Crippen LogP contribution in [0.3, 0.4) is 0 Å². The third-order valence-corrected chi connectivity index (χ3v) is 4.35. The van der Waals surface area contributed by atoms with Crippen LogP contribution in [-0.4, -0.2) is 27.9 Å². The lowest BCUT2D eigenvalue weighted by Gasteiger charge is -2.43. The molecule has 0 radical (unpaired) electrons. The maximum absolute atomic E-state index is 4.41. The minimum Gasteiger partial charge on any atom is -0.315 e. The largest absolute Gasteiger partial charge is 0.315 e. The molecule has 0 atom stereocenters. The normalized spacial score (nSPS) is 17.2. The van der Waals surface area contributed by atoms with E-state index in [1.165, 1.54) is 5.56 Å². The van der Waals surface area contributed by atoms with Gasteiger partial charge in [0, 0.05) is 35.9 Å². The first-order valence-corrected chi connectivity index (χ1v) is 7.36. The van der Waals surface area contributed by atoms with Gasteiger partial charge in [0.15, 0.2) is 0 Å². The third-order valence-electron chi connectivity index (χ3n) is 3.86. The molecular weight excluding hydrogens is 304 g/mol. The second kappa shape index (κ2) is 5.06. The van der Waals surface area contributed by atoms with E-state index in [4.69, 9.17) is 0 Å². The predicted molar refractivity (Wildman–Crippen MR) is 78.1 cm³/mol. The summed E-state index contributed by atoms with van der Waals surface area (Å²) in [5.74, 6) is 1.07. The van der Waals surface area contributed by atoms with Gasteiger partial charge in [-0.05, 0) is 24.6 Å². The van der Waals surface area contributed by atoms with Crippen molar-refractivity contribution in [1.82, 2.24) is 20.1 Å². The van der Waals surface area contributed by atoms with Crippen LogP contribution >= 0.6 is 15.9 Å². The zero-order valence-electron chi connectivity index (χ0n) is 10.9. The van der Waals surface area contributed by atoms with Gasteiger partial charge in [-0.25, -0.2) is 4.98 Å². The van der Waals surface area contributed by atoms with E-state index in [1.54, 1.807) is 6.33 Å². The van der Waals surface area contributed by atoms with Gasteiger partial charge >= 0.3 is 0 Å². The van der Waals surface area contributed by atoms with E-state index in [2.05, 4.69) is 62.5 Å². The molecule has 0 unspecified atom stereocenters. The van der Waals surface area contributed by atoms with Crippen molar-refractivity contribution in [1.29, 1.82) is 0 Å². The lowest BCUT2D eigenvalue weighted by molar-refractivity contribution is 0.266. The first-order chi connectivity index (χ1) is 9.23. The summed E-state index contributed by atoms with van der Waals surface area (Å²) in [6.45, 7) is 4.97. The molecule has 0 spiro atoms.